The van der Waals surface area contributed by atoms with Crippen LogP contribution in [0.15, 0.2) is 48.5 Å². The SMILES string of the molecule is COC(CNC(=O)CCC(C)(C)NC(=O)OCC1c2ccccc2-c2ccccc21)C(=O)O. The van der Waals surface area contributed by atoms with E-state index in [2.05, 4.69) is 34.9 Å². The fourth-order valence-corrected chi connectivity index (χ4v) is 3.97. The smallest absolute Gasteiger partial charge is 0.407 e. The van der Waals surface area contributed by atoms with Crippen molar-refractivity contribution in [1.82, 2.24) is 10.6 Å². The molecule has 8 nitrogen and oxygen atoms in total. The number of carbonyl (C=O) groups is 3. The summed E-state index contributed by atoms with van der Waals surface area (Å²) in [6.07, 6.45) is -1.17. The molecule has 0 spiro atoms. The van der Waals surface area contributed by atoms with E-state index < -0.39 is 23.7 Å². The molecule has 0 bridgehead atoms. The average Bonchev–Trinajstić information content (AvgIpc) is 3.10. The lowest BCUT2D eigenvalue weighted by atomic mass is 9.98. The third kappa shape index (κ3) is 6.10. The Labute approximate surface area is 193 Å². The molecule has 1 aliphatic carbocycles. The minimum absolute atomic E-state index is 0.0278. The van der Waals surface area contributed by atoms with Crippen molar-refractivity contribution in [1.29, 1.82) is 0 Å². The third-order valence-corrected chi connectivity index (χ3v) is 5.81. The van der Waals surface area contributed by atoms with Crippen molar-refractivity contribution in [3.63, 3.8) is 0 Å². The van der Waals surface area contributed by atoms with Crippen molar-refractivity contribution in [3.8, 4) is 11.1 Å². The fraction of sp³-hybridized carbons (Fsp3) is 0.400. The molecule has 1 aliphatic rings. The second kappa shape index (κ2) is 10.5. The van der Waals surface area contributed by atoms with Crippen LogP contribution in [-0.4, -0.2) is 55.0 Å². The van der Waals surface area contributed by atoms with Crippen molar-refractivity contribution >= 4 is 18.0 Å². The molecule has 8 heteroatoms. The zero-order chi connectivity index (χ0) is 24.0. The number of rotatable bonds is 10. The molecule has 176 valence electrons. The first-order chi connectivity index (χ1) is 15.7. The number of fused-ring (bicyclic) bond motifs is 3. The lowest BCUT2D eigenvalue weighted by Crippen LogP contribution is -2.45. The molecule has 3 N–H and O–H groups in total. The molecule has 2 aromatic rings. The van der Waals surface area contributed by atoms with Gasteiger partial charge in [-0.25, -0.2) is 9.59 Å². The number of amides is 2. The second-order valence-electron chi connectivity index (χ2n) is 8.70. The van der Waals surface area contributed by atoms with E-state index in [1.54, 1.807) is 13.8 Å². The van der Waals surface area contributed by atoms with Crippen molar-refractivity contribution < 1.29 is 29.0 Å². The van der Waals surface area contributed by atoms with Crippen molar-refractivity contribution in [2.24, 2.45) is 0 Å². The normalized spacial score (nSPS) is 13.5. The molecule has 1 atom stereocenters. The standard InChI is InChI=1S/C25H30N2O6/c1-25(2,13-12-22(28)26-14-21(32-3)23(29)30)27-24(31)33-15-20-18-10-6-4-8-16(18)17-9-5-7-11-19(17)20/h4-11,20-21H,12-15H2,1-3H3,(H,26,28)(H,27,31)(H,29,30). The highest BCUT2D eigenvalue weighted by atomic mass is 16.5. The number of alkyl carbamates (subject to hydrolysis) is 1. The minimum atomic E-state index is -1.14. The zero-order valence-electron chi connectivity index (χ0n) is 19.1. The zero-order valence-corrected chi connectivity index (χ0v) is 19.1. The molecule has 0 saturated heterocycles. The number of carboxylic acids is 1. The first kappa shape index (κ1) is 24.3. The summed E-state index contributed by atoms with van der Waals surface area (Å²) in [6.45, 7) is 3.70. The van der Waals surface area contributed by atoms with E-state index in [9.17, 15) is 14.4 Å². The Morgan fingerprint density at radius 1 is 1.03 bits per heavy atom. The van der Waals surface area contributed by atoms with Crippen LogP contribution >= 0.6 is 0 Å². The Kier molecular flexibility index (Phi) is 7.71. The van der Waals surface area contributed by atoms with Crippen LogP contribution in [0, 0.1) is 0 Å². The van der Waals surface area contributed by atoms with E-state index in [1.807, 2.05) is 24.3 Å². The summed E-state index contributed by atoms with van der Waals surface area (Å²) < 4.78 is 10.4. The summed E-state index contributed by atoms with van der Waals surface area (Å²) in [6, 6.07) is 16.2. The predicted octanol–water partition coefficient (Wildman–Crippen LogP) is 3.30. The summed E-state index contributed by atoms with van der Waals surface area (Å²) >= 11 is 0. The van der Waals surface area contributed by atoms with Gasteiger partial charge in [-0.05, 0) is 42.5 Å². The van der Waals surface area contributed by atoms with Gasteiger partial charge >= 0.3 is 12.1 Å². The van der Waals surface area contributed by atoms with Crippen molar-refractivity contribution in [3.05, 3.63) is 59.7 Å². The molecule has 1 unspecified atom stereocenters. The molecule has 0 aromatic heterocycles. The number of aliphatic carboxylic acids is 1. The average molecular weight is 455 g/mol. The number of benzene rings is 2. The Morgan fingerprint density at radius 2 is 1.61 bits per heavy atom. The highest BCUT2D eigenvalue weighted by Gasteiger charge is 2.30. The van der Waals surface area contributed by atoms with Gasteiger partial charge in [0.05, 0.1) is 6.54 Å². The minimum Gasteiger partial charge on any atom is -0.479 e. The Morgan fingerprint density at radius 3 is 2.15 bits per heavy atom. The van der Waals surface area contributed by atoms with Crippen LogP contribution in [0.25, 0.3) is 11.1 Å². The van der Waals surface area contributed by atoms with Gasteiger partial charge in [0.2, 0.25) is 5.91 Å². The highest BCUT2D eigenvalue weighted by molar-refractivity contribution is 5.79. The second-order valence-corrected chi connectivity index (χ2v) is 8.70. The van der Waals surface area contributed by atoms with Gasteiger partial charge in [0.1, 0.15) is 6.61 Å². The van der Waals surface area contributed by atoms with E-state index in [-0.39, 0.29) is 31.4 Å². The van der Waals surface area contributed by atoms with E-state index in [0.29, 0.717) is 6.42 Å². The predicted molar refractivity (Wildman–Crippen MR) is 123 cm³/mol. The molecule has 2 aromatic carbocycles. The molecule has 0 fully saturated rings. The molecule has 0 saturated carbocycles. The number of methoxy groups -OCH3 is 1. The number of carbonyl (C=O) groups excluding carboxylic acids is 2. The van der Waals surface area contributed by atoms with Crippen LogP contribution in [0.5, 0.6) is 0 Å². The number of hydrogen-bond donors (Lipinski definition) is 3. The largest absolute Gasteiger partial charge is 0.479 e. The molecule has 2 amide bonds. The third-order valence-electron chi connectivity index (χ3n) is 5.81. The number of nitrogens with one attached hydrogen (secondary N) is 2. The van der Waals surface area contributed by atoms with Gasteiger partial charge in [0, 0.05) is 25.0 Å². The molecule has 0 aliphatic heterocycles. The highest BCUT2D eigenvalue weighted by Crippen LogP contribution is 2.44. The molecule has 0 heterocycles. The van der Waals surface area contributed by atoms with Gasteiger partial charge in [0.25, 0.3) is 0 Å². The summed E-state index contributed by atoms with van der Waals surface area (Å²) in [7, 11) is 1.27. The molecular weight excluding hydrogens is 424 g/mol. The topological polar surface area (TPSA) is 114 Å². The lowest BCUT2D eigenvalue weighted by molar-refractivity contribution is -0.148. The summed E-state index contributed by atoms with van der Waals surface area (Å²) in [5.41, 5.74) is 3.91. The van der Waals surface area contributed by atoms with Gasteiger partial charge in [-0.3, -0.25) is 4.79 Å². The van der Waals surface area contributed by atoms with Crippen molar-refractivity contribution in [2.45, 2.75) is 44.2 Å². The number of hydrogen-bond acceptors (Lipinski definition) is 5. The maximum Gasteiger partial charge on any atom is 0.407 e. The Balaban J connectivity index is 1.49. The van der Waals surface area contributed by atoms with Gasteiger partial charge in [0.15, 0.2) is 6.10 Å². The van der Waals surface area contributed by atoms with Gasteiger partial charge in [-0.2, -0.15) is 0 Å². The van der Waals surface area contributed by atoms with E-state index in [1.165, 1.54) is 7.11 Å². The van der Waals surface area contributed by atoms with Crippen LogP contribution in [0.2, 0.25) is 0 Å². The molecule has 0 radical (unpaired) electrons. The van der Waals surface area contributed by atoms with Crippen LogP contribution in [-0.2, 0) is 19.1 Å². The summed E-state index contributed by atoms with van der Waals surface area (Å²) in [4.78, 5) is 35.5. The van der Waals surface area contributed by atoms with Crippen LogP contribution in [0.3, 0.4) is 0 Å². The fourth-order valence-electron chi connectivity index (χ4n) is 3.97. The number of carboxylic acid groups (broad SMARTS) is 1. The first-order valence-corrected chi connectivity index (χ1v) is 10.9. The first-order valence-electron chi connectivity index (χ1n) is 10.9. The van der Waals surface area contributed by atoms with Crippen LogP contribution < -0.4 is 10.6 Å². The monoisotopic (exact) mass is 454 g/mol. The van der Waals surface area contributed by atoms with E-state index >= 15 is 0 Å². The molecular formula is C25H30N2O6. The van der Waals surface area contributed by atoms with E-state index in [0.717, 1.165) is 22.3 Å². The van der Waals surface area contributed by atoms with Gasteiger partial charge in [-0.1, -0.05) is 48.5 Å². The Hall–Kier alpha value is -3.39. The lowest BCUT2D eigenvalue weighted by Gasteiger charge is -2.26. The van der Waals surface area contributed by atoms with Gasteiger partial charge in [-0.15, -0.1) is 0 Å². The Bertz CT molecular complexity index is 974. The molecule has 33 heavy (non-hydrogen) atoms. The van der Waals surface area contributed by atoms with Gasteiger partial charge < -0.3 is 25.2 Å². The summed E-state index contributed by atoms with van der Waals surface area (Å²) in [5, 5.41) is 14.3. The van der Waals surface area contributed by atoms with Crippen molar-refractivity contribution in [2.75, 3.05) is 20.3 Å². The summed E-state index contributed by atoms with van der Waals surface area (Å²) in [5.74, 6) is -1.49. The molecule has 3 rings (SSSR count). The van der Waals surface area contributed by atoms with E-state index in [4.69, 9.17) is 14.6 Å². The maximum atomic E-state index is 12.5. The quantitative estimate of drug-likeness (QED) is 0.508. The van der Waals surface area contributed by atoms with Crippen LogP contribution in [0.4, 0.5) is 4.79 Å². The maximum absolute atomic E-state index is 12.5. The van der Waals surface area contributed by atoms with Crippen LogP contribution in [0.1, 0.15) is 43.7 Å². The number of ether oxygens (including phenoxy) is 2.